The van der Waals surface area contributed by atoms with Crippen LogP contribution in [0.5, 0.6) is 0 Å². The topological polar surface area (TPSA) is 34.0 Å². The Bertz CT molecular complexity index is 988. The lowest BCUT2D eigenvalue weighted by atomic mass is 10.0. The number of hydrogen-bond acceptors (Lipinski definition) is 1. The molecule has 3 aromatic rings. The third-order valence-electron chi connectivity index (χ3n) is 4.68. The number of aryl methyl sites for hydroxylation is 2. The molecule has 1 N–H and O–H groups in total. The van der Waals surface area contributed by atoms with Gasteiger partial charge in [-0.05, 0) is 61.4 Å². The van der Waals surface area contributed by atoms with Crippen molar-refractivity contribution in [3.8, 4) is 0 Å². The van der Waals surface area contributed by atoms with Crippen LogP contribution < -0.4 is 5.32 Å². The van der Waals surface area contributed by atoms with Crippen molar-refractivity contribution < 1.29 is 22.4 Å². The Morgan fingerprint density at radius 3 is 2.41 bits per heavy atom. The van der Waals surface area contributed by atoms with Gasteiger partial charge in [0.15, 0.2) is 0 Å². The molecule has 0 fully saturated rings. The van der Waals surface area contributed by atoms with E-state index in [1.165, 1.54) is 30.3 Å². The van der Waals surface area contributed by atoms with Crippen LogP contribution in [0, 0.1) is 12.7 Å². The lowest BCUT2D eigenvalue weighted by molar-refractivity contribution is -0.137. The second-order valence-corrected chi connectivity index (χ2v) is 6.41. The highest BCUT2D eigenvalue weighted by Crippen LogP contribution is 2.34. The minimum Gasteiger partial charge on any atom is -0.348 e. The van der Waals surface area contributed by atoms with Gasteiger partial charge in [-0.25, -0.2) is 4.39 Å². The number of hydrogen-bond donors (Lipinski definition) is 1. The number of rotatable bonds is 4. The molecule has 0 saturated carbocycles. The molecule has 1 amide bonds. The van der Waals surface area contributed by atoms with Crippen molar-refractivity contribution in [2.75, 3.05) is 5.32 Å². The molecule has 0 aliphatic carbocycles. The minimum absolute atomic E-state index is 0.105. The fourth-order valence-electron chi connectivity index (χ4n) is 3.14. The summed E-state index contributed by atoms with van der Waals surface area (Å²) >= 11 is 0. The fourth-order valence-corrected chi connectivity index (χ4v) is 3.14. The predicted molar refractivity (Wildman–Crippen MR) is 96.0 cm³/mol. The van der Waals surface area contributed by atoms with E-state index in [9.17, 15) is 22.4 Å². The first-order valence-corrected chi connectivity index (χ1v) is 8.37. The van der Waals surface area contributed by atoms with Gasteiger partial charge >= 0.3 is 6.18 Å². The smallest absolute Gasteiger partial charge is 0.348 e. The summed E-state index contributed by atoms with van der Waals surface area (Å²) in [5, 5.41) is 3.16. The average molecular weight is 378 g/mol. The first kappa shape index (κ1) is 18.9. The fraction of sp³-hybridized carbons (Fsp3) is 0.250. The minimum atomic E-state index is -4.42. The zero-order chi connectivity index (χ0) is 19.8. The molecule has 0 aliphatic rings. The summed E-state index contributed by atoms with van der Waals surface area (Å²) in [6.07, 6.45) is -4.01. The van der Waals surface area contributed by atoms with Crippen molar-refractivity contribution in [3.63, 3.8) is 0 Å². The molecule has 0 atom stereocenters. The molecular formula is C20H18F4N2O. The SMILES string of the molecule is Cc1c(CCC(=O)Nc2ccc(F)cc2)c2cc(C(F)(F)F)ccc2n1C. The van der Waals surface area contributed by atoms with Crippen LogP contribution in [-0.2, 0) is 24.4 Å². The number of alkyl halides is 3. The highest BCUT2D eigenvalue weighted by Gasteiger charge is 2.31. The van der Waals surface area contributed by atoms with E-state index >= 15 is 0 Å². The molecule has 2 aromatic carbocycles. The highest BCUT2D eigenvalue weighted by molar-refractivity contribution is 5.92. The largest absolute Gasteiger partial charge is 0.416 e. The summed E-state index contributed by atoms with van der Waals surface area (Å²) in [4.78, 5) is 12.2. The highest BCUT2D eigenvalue weighted by atomic mass is 19.4. The number of nitrogens with one attached hydrogen (secondary N) is 1. The second-order valence-electron chi connectivity index (χ2n) is 6.41. The first-order chi connectivity index (χ1) is 12.7. The zero-order valence-corrected chi connectivity index (χ0v) is 14.8. The van der Waals surface area contributed by atoms with Crippen LogP contribution in [0.4, 0.5) is 23.2 Å². The average Bonchev–Trinajstić information content (AvgIpc) is 2.85. The van der Waals surface area contributed by atoms with Crippen molar-refractivity contribution in [2.45, 2.75) is 25.9 Å². The van der Waals surface area contributed by atoms with Crippen LogP contribution >= 0.6 is 0 Å². The Morgan fingerprint density at radius 2 is 1.78 bits per heavy atom. The third kappa shape index (κ3) is 3.97. The normalized spacial score (nSPS) is 11.8. The van der Waals surface area contributed by atoms with Gasteiger partial charge in [0, 0.05) is 35.8 Å². The maximum absolute atomic E-state index is 13.0. The molecule has 27 heavy (non-hydrogen) atoms. The Balaban J connectivity index is 1.82. The van der Waals surface area contributed by atoms with Gasteiger partial charge in [-0.2, -0.15) is 13.2 Å². The summed E-state index contributed by atoms with van der Waals surface area (Å²) in [7, 11) is 1.78. The van der Waals surface area contributed by atoms with E-state index in [-0.39, 0.29) is 12.3 Å². The Kier molecular flexibility index (Phi) is 4.95. The number of halogens is 4. The van der Waals surface area contributed by atoms with Crippen LogP contribution in [0.2, 0.25) is 0 Å². The van der Waals surface area contributed by atoms with Crippen LogP contribution in [-0.4, -0.2) is 10.5 Å². The number of fused-ring (bicyclic) bond motifs is 1. The molecular weight excluding hydrogens is 360 g/mol. The van der Waals surface area contributed by atoms with E-state index in [1.807, 2.05) is 11.5 Å². The number of aromatic nitrogens is 1. The molecule has 0 saturated heterocycles. The van der Waals surface area contributed by atoms with Gasteiger partial charge in [-0.3, -0.25) is 4.79 Å². The van der Waals surface area contributed by atoms with Crippen LogP contribution in [0.3, 0.4) is 0 Å². The van der Waals surface area contributed by atoms with E-state index in [0.717, 1.165) is 17.8 Å². The summed E-state index contributed by atoms with van der Waals surface area (Å²) in [5.74, 6) is -0.690. The lowest BCUT2D eigenvalue weighted by Gasteiger charge is -2.08. The molecule has 1 heterocycles. The van der Waals surface area contributed by atoms with E-state index in [4.69, 9.17) is 0 Å². The second kappa shape index (κ2) is 7.06. The van der Waals surface area contributed by atoms with E-state index in [1.54, 1.807) is 7.05 Å². The van der Waals surface area contributed by atoms with Gasteiger partial charge in [-0.1, -0.05) is 0 Å². The van der Waals surface area contributed by atoms with Gasteiger partial charge < -0.3 is 9.88 Å². The molecule has 0 bridgehead atoms. The number of amides is 1. The number of nitrogens with zero attached hydrogens (tertiary/aromatic N) is 1. The first-order valence-electron chi connectivity index (χ1n) is 8.37. The molecule has 3 rings (SSSR count). The monoisotopic (exact) mass is 378 g/mol. The Hall–Kier alpha value is -2.83. The van der Waals surface area contributed by atoms with Gasteiger partial charge in [0.25, 0.3) is 0 Å². The lowest BCUT2D eigenvalue weighted by Crippen LogP contribution is -2.12. The van der Waals surface area contributed by atoms with E-state index in [2.05, 4.69) is 5.32 Å². The van der Waals surface area contributed by atoms with Crippen LogP contribution in [0.15, 0.2) is 42.5 Å². The van der Waals surface area contributed by atoms with Gasteiger partial charge in [0.1, 0.15) is 5.82 Å². The van der Waals surface area contributed by atoms with Crippen molar-refractivity contribution in [1.29, 1.82) is 0 Å². The third-order valence-corrected chi connectivity index (χ3v) is 4.68. The predicted octanol–water partition coefficient (Wildman–Crippen LogP) is 5.22. The summed E-state index contributed by atoms with van der Waals surface area (Å²) in [5.41, 5.74) is 1.98. The van der Waals surface area contributed by atoms with Gasteiger partial charge in [0.05, 0.1) is 5.56 Å². The maximum atomic E-state index is 13.0. The number of benzene rings is 2. The van der Waals surface area contributed by atoms with Crippen molar-refractivity contribution in [2.24, 2.45) is 7.05 Å². The van der Waals surface area contributed by atoms with Crippen LogP contribution in [0.25, 0.3) is 10.9 Å². The summed E-state index contributed by atoms with van der Waals surface area (Å²) < 4.78 is 53.9. The molecule has 0 radical (unpaired) electrons. The van der Waals surface area contributed by atoms with Crippen LogP contribution in [0.1, 0.15) is 23.2 Å². The number of anilines is 1. The van der Waals surface area contributed by atoms with Crippen molar-refractivity contribution in [3.05, 3.63) is 65.1 Å². The molecule has 1 aromatic heterocycles. The van der Waals surface area contributed by atoms with Gasteiger partial charge in [-0.15, -0.1) is 0 Å². The summed E-state index contributed by atoms with van der Waals surface area (Å²) in [6, 6.07) is 9.03. The van der Waals surface area contributed by atoms with Crippen molar-refractivity contribution in [1.82, 2.24) is 4.57 Å². The zero-order valence-electron chi connectivity index (χ0n) is 14.8. The molecule has 7 heteroatoms. The van der Waals surface area contributed by atoms with Crippen molar-refractivity contribution >= 4 is 22.5 Å². The molecule has 142 valence electrons. The Morgan fingerprint density at radius 1 is 1.11 bits per heavy atom. The number of carbonyl (C=O) groups excluding carboxylic acids is 1. The molecule has 3 nitrogen and oxygen atoms in total. The Labute approximate surface area is 153 Å². The van der Waals surface area contributed by atoms with Gasteiger partial charge in [0.2, 0.25) is 5.91 Å². The van der Waals surface area contributed by atoms with E-state index < -0.39 is 17.6 Å². The standard InChI is InChI=1S/C20H18F4N2O/c1-12-16(8-10-19(27)25-15-6-4-14(21)5-7-15)17-11-13(20(22,23)24)3-9-18(17)26(12)2/h3-7,9,11H,8,10H2,1-2H3,(H,25,27). The molecule has 0 unspecified atom stereocenters. The number of carbonyl (C=O) groups is 1. The molecule has 0 aliphatic heterocycles. The molecule has 0 spiro atoms. The van der Waals surface area contributed by atoms with E-state index in [0.29, 0.717) is 28.6 Å². The summed E-state index contributed by atoms with van der Waals surface area (Å²) in [6.45, 7) is 1.82. The maximum Gasteiger partial charge on any atom is 0.416 e. The quantitative estimate of drug-likeness (QED) is 0.621.